The summed E-state index contributed by atoms with van der Waals surface area (Å²) in [4.78, 5) is 0. The van der Waals surface area contributed by atoms with Gasteiger partial charge >= 0.3 is 0 Å². The van der Waals surface area contributed by atoms with Crippen molar-refractivity contribution in [3.8, 4) is 0 Å². The van der Waals surface area contributed by atoms with Gasteiger partial charge in [-0.2, -0.15) is 0 Å². The third-order valence-corrected chi connectivity index (χ3v) is 6.01. The Kier molecular flexibility index (Phi) is 6.98. The highest BCUT2D eigenvalue weighted by Gasteiger charge is 2.26. The van der Waals surface area contributed by atoms with Crippen molar-refractivity contribution in [2.24, 2.45) is 11.8 Å². The maximum absolute atomic E-state index is 14.8. The number of fused-ring (bicyclic) bond motifs is 1. The highest BCUT2D eigenvalue weighted by Crippen LogP contribution is 2.38. The predicted molar refractivity (Wildman–Crippen MR) is 112 cm³/mol. The van der Waals surface area contributed by atoms with Gasteiger partial charge in [0.05, 0.1) is 0 Å². The molecule has 0 atom stereocenters. The third kappa shape index (κ3) is 4.51. The van der Waals surface area contributed by atoms with E-state index >= 15 is 0 Å². The van der Waals surface area contributed by atoms with Gasteiger partial charge in [-0.05, 0) is 61.5 Å². The quantitative estimate of drug-likeness (QED) is 0.331. The van der Waals surface area contributed by atoms with Crippen LogP contribution in [0.3, 0.4) is 0 Å². The van der Waals surface area contributed by atoms with E-state index in [1.165, 1.54) is 6.07 Å². The number of benzene rings is 2. The first-order valence-electron chi connectivity index (χ1n) is 10.4. The summed E-state index contributed by atoms with van der Waals surface area (Å²) in [5, 5.41) is 1.07. The average Bonchev–Trinajstić information content (AvgIpc) is 2.74. The van der Waals surface area contributed by atoms with Gasteiger partial charge in [-0.25, -0.2) is 13.2 Å². The second-order valence-corrected chi connectivity index (χ2v) is 7.94. The van der Waals surface area contributed by atoms with Crippen molar-refractivity contribution in [2.45, 2.75) is 58.3 Å². The number of rotatable bonds is 7. The van der Waals surface area contributed by atoms with E-state index in [-0.39, 0.29) is 17.3 Å². The zero-order chi connectivity index (χ0) is 20.1. The molecule has 0 radical (unpaired) electrons. The van der Waals surface area contributed by atoms with Gasteiger partial charge in [0.15, 0.2) is 5.83 Å². The monoisotopic (exact) mass is 386 g/mol. The zero-order valence-corrected chi connectivity index (χ0v) is 16.6. The molecule has 0 N–H and O–H groups in total. The number of hydrogen-bond donors (Lipinski definition) is 0. The molecule has 1 saturated carbocycles. The molecule has 0 unspecified atom stereocenters. The first-order chi connectivity index (χ1) is 13.5. The molecule has 3 heteroatoms. The van der Waals surface area contributed by atoms with Crippen molar-refractivity contribution in [1.82, 2.24) is 0 Å². The Morgan fingerprint density at radius 3 is 2.50 bits per heavy atom. The molecule has 3 rings (SSSR count). The molecule has 28 heavy (non-hydrogen) atoms. The Morgan fingerprint density at radius 1 is 1.07 bits per heavy atom. The lowest BCUT2D eigenvalue weighted by molar-refractivity contribution is 0.305. The number of unbranched alkanes of at least 4 members (excludes halogenated alkanes) is 2. The van der Waals surface area contributed by atoms with Gasteiger partial charge in [-0.1, -0.05) is 50.1 Å². The summed E-state index contributed by atoms with van der Waals surface area (Å²) in [7, 11) is 0. The molecule has 0 bridgehead atoms. The van der Waals surface area contributed by atoms with E-state index in [9.17, 15) is 13.2 Å². The fourth-order valence-corrected chi connectivity index (χ4v) is 4.16. The van der Waals surface area contributed by atoms with Crippen LogP contribution in [0.25, 0.3) is 16.6 Å². The molecular formula is C25H29F3. The van der Waals surface area contributed by atoms with Gasteiger partial charge in [-0.15, -0.1) is 6.58 Å². The molecule has 1 aliphatic rings. The van der Waals surface area contributed by atoms with Gasteiger partial charge in [0.25, 0.3) is 0 Å². The van der Waals surface area contributed by atoms with E-state index in [4.69, 9.17) is 0 Å². The van der Waals surface area contributed by atoms with Crippen molar-refractivity contribution in [1.29, 1.82) is 0 Å². The van der Waals surface area contributed by atoms with E-state index in [1.807, 2.05) is 12.1 Å². The lowest BCUT2D eigenvalue weighted by Crippen LogP contribution is -2.14. The van der Waals surface area contributed by atoms with Gasteiger partial charge in [-0.3, -0.25) is 0 Å². The Morgan fingerprint density at radius 2 is 1.82 bits per heavy atom. The summed E-state index contributed by atoms with van der Waals surface area (Å²) < 4.78 is 44.3. The predicted octanol–water partition coefficient (Wildman–Crippen LogP) is 8.31. The topological polar surface area (TPSA) is 0 Å². The Bertz CT molecular complexity index is 857. The summed E-state index contributed by atoms with van der Waals surface area (Å²) in [5.74, 6) is -1.69. The van der Waals surface area contributed by atoms with Crippen LogP contribution in [0.15, 0.2) is 48.8 Å². The fraction of sp³-hybridized carbons (Fsp3) is 0.440. The molecule has 150 valence electrons. The fourth-order valence-electron chi connectivity index (χ4n) is 4.16. The van der Waals surface area contributed by atoms with Crippen molar-refractivity contribution in [2.75, 3.05) is 0 Å². The van der Waals surface area contributed by atoms with Crippen LogP contribution in [0.1, 0.15) is 63.0 Å². The molecule has 0 saturated heterocycles. The average molecular weight is 387 g/mol. The van der Waals surface area contributed by atoms with Crippen LogP contribution in [0.2, 0.25) is 0 Å². The first-order valence-corrected chi connectivity index (χ1v) is 10.4. The van der Waals surface area contributed by atoms with Crippen molar-refractivity contribution < 1.29 is 13.2 Å². The number of halogens is 3. The van der Waals surface area contributed by atoms with Crippen molar-refractivity contribution in [3.05, 3.63) is 65.8 Å². The van der Waals surface area contributed by atoms with Gasteiger partial charge < -0.3 is 0 Å². The minimum absolute atomic E-state index is 0.189. The van der Waals surface area contributed by atoms with Crippen molar-refractivity contribution in [3.63, 3.8) is 0 Å². The molecule has 2 aromatic carbocycles. The highest BCUT2D eigenvalue weighted by atomic mass is 19.2. The lowest BCUT2D eigenvalue weighted by atomic mass is 9.81. The smallest absolute Gasteiger partial charge is 0.162 e. The Hall–Kier alpha value is -2.03. The van der Waals surface area contributed by atoms with Crippen LogP contribution in [-0.4, -0.2) is 0 Å². The van der Waals surface area contributed by atoms with E-state index in [0.29, 0.717) is 41.5 Å². The summed E-state index contributed by atoms with van der Waals surface area (Å²) >= 11 is 0. The second-order valence-electron chi connectivity index (χ2n) is 7.94. The molecule has 0 heterocycles. The van der Waals surface area contributed by atoms with Crippen molar-refractivity contribution >= 4 is 16.6 Å². The SMILES string of the molecule is C=CC1CCC(C(F)=C(F)c2ccc3c(F)c(CCCCC)ccc3c2)CC1. The third-order valence-electron chi connectivity index (χ3n) is 6.01. The molecular weight excluding hydrogens is 357 g/mol. The maximum Gasteiger partial charge on any atom is 0.162 e. The zero-order valence-electron chi connectivity index (χ0n) is 16.6. The molecule has 0 nitrogen and oxygen atoms in total. The van der Waals surface area contributed by atoms with E-state index in [0.717, 1.165) is 32.1 Å². The lowest BCUT2D eigenvalue weighted by Gasteiger charge is -2.25. The minimum Gasteiger partial charge on any atom is -0.208 e. The Labute approximate surface area is 166 Å². The largest absolute Gasteiger partial charge is 0.208 e. The van der Waals surface area contributed by atoms with Crippen LogP contribution in [0, 0.1) is 17.7 Å². The normalized spacial score (nSPS) is 20.9. The summed E-state index contributed by atoms with van der Waals surface area (Å²) in [6, 6.07) is 8.20. The van der Waals surface area contributed by atoms with Crippen LogP contribution in [0.5, 0.6) is 0 Å². The van der Waals surface area contributed by atoms with E-state index in [2.05, 4.69) is 13.5 Å². The van der Waals surface area contributed by atoms with Crippen LogP contribution in [-0.2, 0) is 6.42 Å². The molecule has 0 aliphatic heterocycles. The Balaban J connectivity index is 1.83. The molecule has 0 amide bonds. The molecule has 0 aromatic heterocycles. The first kappa shape index (κ1) is 20.7. The van der Waals surface area contributed by atoms with Gasteiger partial charge in [0.2, 0.25) is 0 Å². The summed E-state index contributed by atoms with van der Waals surface area (Å²) in [6.45, 7) is 5.90. The molecule has 0 spiro atoms. The van der Waals surface area contributed by atoms with E-state index in [1.54, 1.807) is 18.2 Å². The number of aryl methyl sites for hydroxylation is 1. The number of allylic oxidation sites excluding steroid dienone is 2. The van der Waals surface area contributed by atoms with Gasteiger partial charge in [0.1, 0.15) is 11.6 Å². The summed E-state index contributed by atoms with van der Waals surface area (Å²) in [5.41, 5.74) is 0.879. The molecule has 1 fully saturated rings. The van der Waals surface area contributed by atoms with Gasteiger partial charge in [0, 0.05) is 16.9 Å². The standard InChI is InChI=1S/C25H29F3/c1-3-5-6-7-18-12-13-20-16-21(14-15-22(20)23(18)26)25(28)24(27)19-10-8-17(4-2)9-11-19/h4,12-17,19H,2-3,5-11H2,1H3. The highest BCUT2D eigenvalue weighted by molar-refractivity contribution is 5.87. The minimum atomic E-state index is -0.809. The molecule has 1 aliphatic carbocycles. The van der Waals surface area contributed by atoms with Crippen LogP contribution >= 0.6 is 0 Å². The second kappa shape index (κ2) is 9.45. The maximum atomic E-state index is 14.8. The van der Waals surface area contributed by atoms with Crippen LogP contribution < -0.4 is 0 Å². The number of hydrogen-bond acceptors (Lipinski definition) is 0. The summed E-state index contributed by atoms with van der Waals surface area (Å²) in [6.07, 6.45) is 8.69. The van der Waals surface area contributed by atoms with Crippen LogP contribution in [0.4, 0.5) is 13.2 Å². The van der Waals surface area contributed by atoms with E-state index < -0.39 is 11.7 Å². The molecule has 2 aromatic rings.